The molecule has 0 aromatic heterocycles. The molecule has 0 saturated carbocycles. The molecule has 0 aliphatic rings. The molecule has 0 aliphatic heterocycles. The third kappa shape index (κ3) is 6.48. The molecule has 0 atom stereocenters. The molecule has 1 rings (SSSR count). The van der Waals surface area contributed by atoms with E-state index in [9.17, 15) is 9.59 Å². The van der Waals surface area contributed by atoms with E-state index in [4.69, 9.17) is 14.6 Å². The van der Waals surface area contributed by atoms with Crippen LogP contribution >= 0.6 is 0 Å². The lowest BCUT2D eigenvalue weighted by atomic mass is 10.1. The van der Waals surface area contributed by atoms with E-state index in [0.29, 0.717) is 36.8 Å². The van der Waals surface area contributed by atoms with Crippen LogP contribution in [0.5, 0.6) is 11.5 Å². The number of benzene rings is 1. The number of carboxylic acids is 1. The van der Waals surface area contributed by atoms with Crippen molar-refractivity contribution in [2.75, 3.05) is 26.3 Å². The highest BCUT2D eigenvalue weighted by Gasteiger charge is 2.15. The second-order valence-corrected chi connectivity index (χ2v) is 5.45. The summed E-state index contributed by atoms with van der Waals surface area (Å²) in [6.45, 7) is 7.70. The molecule has 0 spiro atoms. The van der Waals surface area contributed by atoms with Gasteiger partial charge in [-0.05, 0) is 37.5 Å². The average Bonchev–Trinajstić information content (AvgIpc) is 2.53. The molecule has 1 aromatic carbocycles. The van der Waals surface area contributed by atoms with Gasteiger partial charge in [0.05, 0.1) is 13.0 Å². The first-order valence-electron chi connectivity index (χ1n) is 8.39. The van der Waals surface area contributed by atoms with E-state index in [0.717, 1.165) is 12.8 Å². The number of carboxylic acid groups (broad SMARTS) is 1. The van der Waals surface area contributed by atoms with Crippen molar-refractivity contribution < 1.29 is 24.2 Å². The molecular formula is C18H27NO5. The van der Waals surface area contributed by atoms with Crippen LogP contribution in [0.4, 0.5) is 0 Å². The van der Waals surface area contributed by atoms with E-state index in [1.807, 2.05) is 20.8 Å². The zero-order chi connectivity index (χ0) is 17.9. The van der Waals surface area contributed by atoms with E-state index >= 15 is 0 Å². The monoisotopic (exact) mass is 337 g/mol. The van der Waals surface area contributed by atoms with E-state index in [-0.39, 0.29) is 18.9 Å². The Morgan fingerprint density at radius 2 is 1.71 bits per heavy atom. The first-order valence-corrected chi connectivity index (χ1v) is 8.39. The number of carbonyl (C=O) groups is 2. The fraction of sp³-hybridized carbons (Fsp3) is 0.556. The summed E-state index contributed by atoms with van der Waals surface area (Å²) in [6.07, 6.45) is 1.72. The molecule has 134 valence electrons. The predicted molar refractivity (Wildman–Crippen MR) is 91.6 cm³/mol. The second-order valence-electron chi connectivity index (χ2n) is 5.45. The fourth-order valence-electron chi connectivity index (χ4n) is 2.36. The highest BCUT2D eigenvalue weighted by atomic mass is 16.5. The molecule has 0 bridgehead atoms. The lowest BCUT2D eigenvalue weighted by molar-refractivity contribution is -0.136. The third-order valence-electron chi connectivity index (χ3n) is 3.35. The van der Waals surface area contributed by atoms with Gasteiger partial charge in [0, 0.05) is 13.1 Å². The van der Waals surface area contributed by atoms with Gasteiger partial charge >= 0.3 is 5.97 Å². The molecule has 0 radical (unpaired) electrons. The summed E-state index contributed by atoms with van der Waals surface area (Å²) in [7, 11) is 0. The molecule has 0 unspecified atom stereocenters. The number of amides is 1. The lowest BCUT2D eigenvalue weighted by Crippen LogP contribution is -2.36. The number of ether oxygens (including phenoxy) is 2. The van der Waals surface area contributed by atoms with E-state index in [2.05, 4.69) is 0 Å². The summed E-state index contributed by atoms with van der Waals surface area (Å²) in [4.78, 5) is 24.9. The average molecular weight is 337 g/mol. The molecule has 0 saturated heterocycles. The Kier molecular flexibility index (Phi) is 8.68. The predicted octanol–water partition coefficient (Wildman–Crippen LogP) is 2.74. The number of hydrogen-bond donors (Lipinski definition) is 1. The Balaban J connectivity index is 2.78. The topological polar surface area (TPSA) is 76.1 Å². The number of rotatable bonds is 11. The minimum absolute atomic E-state index is 0.0572. The van der Waals surface area contributed by atoms with Gasteiger partial charge in [0.1, 0.15) is 0 Å². The van der Waals surface area contributed by atoms with Crippen LogP contribution in [0.2, 0.25) is 0 Å². The van der Waals surface area contributed by atoms with E-state index < -0.39 is 5.97 Å². The number of carbonyl (C=O) groups excluding carboxylic acids is 1. The Labute approximate surface area is 143 Å². The molecule has 0 heterocycles. The van der Waals surface area contributed by atoms with Gasteiger partial charge in [-0.3, -0.25) is 9.59 Å². The van der Waals surface area contributed by atoms with Crippen molar-refractivity contribution in [1.29, 1.82) is 0 Å². The maximum absolute atomic E-state index is 12.3. The van der Waals surface area contributed by atoms with E-state index in [1.165, 1.54) is 0 Å². The van der Waals surface area contributed by atoms with Crippen LogP contribution in [-0.2, 0) is 16.0 Å². The summed E-state index contributed by atoms with van der Waals surface area (Å²) >= 11 is 0. The SMILES string of the molecule is CCCN(CCC)C(=O)COc1ccc(CC(=O)O)cc1OCC. The van der Waals surface area contributed by atoms with Gasteiger partial charge in [-0.25, -0.2) is 0 Å². The standard InChI is InChI=1S/C18H27NO5/c1-4-9-19(10-5-2)17(20)13-24-15-8-7-14(12-18(21)22)11-16(15)23-6-3/h7-8,11H,4-6,9-10,12-13H2,1-3H3,(H,21,22). The van der Waals surface area contributed by atoms with Gasteiger partial charge in [0.15, 0.2) is 18.1 Å². The highest BCUT2D eigenvalue weighted by Crippen LogP contribution is 2.28. The van der Waals surface area contributed by atoms with Gasteiger partial charge in [-0.15, -0.1) is 0 Å². The quantitative estimate of drug-likeness (QED) is 0.672. The van der Waals surface area contributed by atoms with Crippen molar-refractivity contribution in [1.82, 2.24) is 4.90 Å². The molecule has 1 N–H and O–H groups in total. The molecule has 0 fully saturated rings. The number of aliphatic carboxylic acids is 1. The lowest BCUT2D eigenvalue weighted by Gasteiger charge is -2.22. The second kappa shape index (κ2) is 10.5. The van der Waals surface area contributed by atoms with Crippen LogP contribution in [0, 0.1) is 0 Å². The molecule has 1 aromatic rings. The molecular weight excluding hydrogens is 310 g/mol. The molecule has 0 aliphatic carbocycles. The van der Waals surface area contributed by atoms with Gasteiger partial charge in [0.25, 0.3) is 5.91 Å². The zero-order valence-corrected chi connectivity index (χ0v) is 14.7. The maximum Gasteiger partial charge on any atom is 0.307 e. The fourth-order valence-corrected chi connectivity index (χ4v) is 2.36. The highest BCUT2D eigenvalue weighted by molar-refractivity contribution is 5.78. The van der Waals surface area contributed by atoms with Crippen molar-refractivity contribution in [3.8, 4) is 11.5 Å². The summed E-state index contributed by atoms with van der Waals surface area (Å²) in [5.41, 5.74) is 0.628. The normalized spacial score (nSPS) is 10.3. The third-order valence-corrected chi connectivity index (χ3v) is 3.35. The smallest absolute Gasteiger partial charge is 0.307 e. The number of hydrogen-bond acceptors (Lipinski definition) is 4. The molecule has 1 amide bonds. The van der Waals surface area contributed by atoms with Crippen LogP contribution in [0.15, 0.2) is 18.2 Å². The van der Waals surface area contributed by atoms with Gasteiger partial charge in [-0.1, -0.05) is 19.9 Å². The van der Waals surface area contributed by atoms with Crippen molar-refractivity contribution in [2.24, 2.45) is 0 Å². The Bertz CT molecular complexity index is 538. The van der Waals surface area contributed by atoms with Gasteiger partial charge < -0.3 is 19.5 Å². The summed E-state index contributed by atoms with van der Waals surface area (Å²) in [6, 6.07) is 4.97. The van der Waals surface area contributed by atoms with Crippen molar-refractivity contribution >= 4 is 11.9 Å². The zero-order valence-electron chi connectivity index (χ0n) is 14.7. The molecule has 24 heavy (non-hydrogen) atoms. The van der Waals surface area contributed by atoms with Gasteiger partial charge in [-0.2, -0.15) is 0 Å². The Morgan fingerprint density at radius 3 is 2.25 bits per heavy atom. The van der Waals surface area contributed by atoms with Crippen LogP contribution in [0.1, 0.15) is 39.2 Å². The van der Waals surface area contributed by atoms with Crippen molar-refractivity contribution in [2.45, 2.75) is 40.0 Å². The first kappa shape index (κ1) is 19.8. The van der Waals surface area contributed by atoms with Crippen LogP contribution in [-0.4, -0.2) is 48.2 Å². The van der Waals surface area contributed by atoms with Crippen LogP contribution in [0.3, 0.4) is 0 Å². The van der Waals surface area contributed by atoms with Gasteiger partial charge in [0.2, 0.25) is 0 Å². The van der Waals surface area contributed by atoms with Crippen molar-refractivity contribution in [3.05, 3.63) is 23.8 Å². The van der Waals surface area contributed by atoms with Crippen LogP contribution in [0.25, 0.3) is 0 Å². The molecule has 6 nitrogen and oxygen atoms in total. The van der Waals surface area contributed by atoms with Crippen LogP contribution < -0.4 is 9.47 Å². The Hall–Kier alpha value is -2.24. The molecule has 6 heteroatoms. The van der Waals surface area contributed by atoms with E-state index in [1.54, 1.807) is 23.1 Å². The number of nitrogens with zero attached hydrogens (tertiary/aromatic N) is 1. The summed E-state index contributed by atoms with van der Waals surface area (Å²) < 4.78 is 11.1. The minimum atomic E-state index is -0.906. The first-order chi connectivity index (χ1) is 11.5. The van der Waals surface area contributed by atoms with Crippen molar-refractivity contribution in [3.63, 3.8) is 0 Å². The summed E-state index contributed by atoms with van der Waals surface area (Å²) in [5, 5.41) is 8.87. The minimum Gasteiger partial charge on any atom is -0.490 e. The largest absolute Gasteiger partial charge is 0.490 e. The Morgan fingerprint density at radius 1 is 1.04 bits per heavy atom. The summed E-state index contributed by atoms with van der Waals surface area (Å²) in [5.74, 6) is -0.0549. The maximum atomic E-state index is 12.3.